The van der Waals surface area contributed by atoms with E-state index in [0.29, 0.717) is 13.0 Å². The summed E-state index contributed by atoms with van der Waals surface area (Å²) in [4.78, 5) is 20.1. The van der Waals surface area contributed by atoms with Gasteiger partial charge in [-0.2, -0.15) is 0 Å². The molecule has 0 radical (unpaired) electrons. The van der Waals surface area contributed by atoms with Crippen LogP contribution in [0.15, 0.2) is 48.9 Å². The van der Waals surface area contributed by atoms with E-state index in [1.54, 1.807) is 17.1 Å². The van der Waals surface area contributed by atoms with Crippen molar-refractivity contribution in [2.45, 2.75) is 13.0 Å². The van der Waals surface area contributed by atoms with Gasteiger partial charge in [-0.3, -0.25) is 9.78 Å². The molecule has 2 aromatic heterocycles. The number of carbonyl (C=O) groups is 1. The molecule has 0 aliphatic heterocycles. The number of esters is 1. The summed E-state index contributed by atoms with van der Waals surface area (Å²) in [6.07, 6.45) is 5.56. The van der Waals surface area contributed by atoms with Gasteiger partial charge in [-0.15, -0.1) is 0 Å². The average molecular weight is 295 g/mol. The van der Waals surface area contributed by atoms with Crippen LogP contribution in [0.5, 0.6) is 0 Å². The minimum atomic E-state index is -0.251. The van der Waals surface area contributed by atoms with Crippen LogP contribution in [0, 0.1) is 0 Å². The predicted octanol–water partition coefficient (Wildman–Crippen LogP) is 1.54. The van der Waals surface area contributed by atoms with Crippen LogP contribution in [-0.4, -0.2) is 28.1 Å². The summed E-state index contributed by atoms with van der Waals surface area (Å²) < 4.78 is 6.30. The van der Waals surface area contributed by atoms with Gasteiger partial charge in [-0.05, 0) is 17.2 Å². The molecule has 0 aliphatic carbocycles. The molecule has 22 heavy (non-hydrogen) atoms. The van der Waals surface area contributed by atoms with E-state index < -0.39 is 0 Å². The van der Waals surface area contributed by atoms with Crippen LogP contribution in [-0.2, 0) is 16.1 Å². The molecule has 0 amide bonds. The highest BCUT2D eigenvalue weighted by molar-refractivity contribution is 5.76. The number of aromatic nitrogens is 4. The summed E-state index contributed by atoms with van der Waals surface area (Å²) in [6.45, 7) is 0.482. The van der Waals surface area contributed by atoms with Crippen molar-refractivity contribution in [2.75, 3.05) is 7.11 Å². The van der Waals surface area contributed by atoms with E-state index in [0.717, 1.165) is 22.3 Å². The zero-order valence-corrected chi connectivity index (χ0v) is 12.1. The summed E-state index contributed by atoms with van der Waals surface area (Å²) >= 11 is 0. The summed E-state index contributed by atoms with van der Waals surface area (Å²) in [5.74, 6) is -0.251. The van der Waals surface area contributed by atoms with Crippen molar-refractivity contribution in [3.05, 3.63) is 48.9 Å². The lowest BCUT2D eigenvalue weighted by Gasteiger charge is -2.01. The highest BCUT2D eigenvalue weighted by Crippen LogP contribution is 2.16. The van der Waals surface area contributed by atoms with Gasteiger partial charge in [0.1, 0.15) is 12.6 Å². The van der Waals surface area contributed by atoms with Crippen molar-refractivity contribution in [1.82, 2.24) is 15.1 Å². The summed E-state index contributed by atoms with van der Waals surface area (Å²) in [5, 5.41) is 4.28. The highest BCUT2D eigenvalue weighted by Gasteiger charge is 2.09. The molecule has 2 heterocycles. The Bertz CT molecular complexity index is 803. The van der Waals surface area contributed by atoms with Crippen LogP contribution in [0.25, 0.3) is 22.3 Å². The Kier molecular flexibility index (Phi) is 4.00. The monoisotopic (exact) mass is 295 g/mol. The second-order valence-electron chi connectivity index (χ2n) is 4.75. The van der Waals surface area contributed by atoms with E-state index in [4.69, 9.17) is 0 Å². The quantitative estimate of drug-likeness (QED) is 0.539. The van der Waals surface area contributed by atoms with Gasteiger partial charge in [-0.1, -0.05) is 16.8 Å². The number of fused-ring (bicyclic) bond motifs is 1. The summed E-state index contributed by atoms with van der Waals surface area (Å²) in [6, 6.07) is 9.63. The Morgan fingerprint density at radius 2 is 2.00 bits per heavy atom. The number of aryl methyl sites for hydroxylation is 1. The highest BCUT2D eigenvalue weighted by atomic mass is 16.5. The fraction of sp³-hybridized carbons (Fsp3) is 0.188. The third-order valence-corrected chi connectivity index (χ3v) is 3.29. The molecular formula is C16H15N4O2+. The molecule has 0 fully saturated rings. The number of hydrogen-bond donors (Lipinski definition) is 0. The van der Waals surface area contributed by atoms with E-state index in [9.17, 15) is 4.79 Å². The first-order chi connectivity index (χ1) is 10.8. The maximum absolute atomic E-state index is 11.1. The zero-order valence-electron chi connectivity index (χ0n) is 12.1. The molecule has 0 bridgehead atoms. The molecule has 110 valence electrons. The molecule has 0 saturated carbocycles. The standard InChI is InChI=1S/C16H15N4O2/c1-22-16(21)7-9-20-8-6-12(10-18-20)15-11-17-13-4-2-3-5-14(13)19-15/h2-6,8,10-11H,7,9H2,1H3/q+1. The van der Waals surface area contributed by atoms with Crippen LogP contribution in [0.2, 0.25) is 0 Å². The SMILES string of the molecule is COC(=O)CC[n+]1ccc(-c2cnc3ccccc3n2)cn1. The number of benzene rings is 1. The van der Waals surface area contributed by atoms with Crippen molar-refractivity contribution in [3.8, 4) is 11.3 Å². The van der Waals surface area contributed by atoms with Crippen LogP contribution >= 0.6 is 0 Å². The van der Waals surface area contributed by atoms with Gasteiger partial charge in [-0.25, -0.2) is 4.98 Å². The number of ether oxygens (including phenoxy) is 1. The number of nitrogens with zero attached hydrogens (tertiary/aromatic N) is 4. The van der Waals surface area contributed by atoms with Crippen LogP contribution in [0.1, 0.15) is 6.42 Å². The van der Waals surface area contributed by atoms with Crippen LogP contribution in [0.3, 0.4) is 0 Å². The number of rotatable bonds is 4. The number of carbonyl (C=O) groups excluding carboxylic acids is 1. The molecule has 3 aromatic rings. The molecule has 0 saturated heterocycles. The van der Waals surface area contributed by atoms with Gasteiger partial charge in [0.05, 0.1) is 30.0 Å². The molecule has 6 nitrogen and oxygen atoms in total. The number of methoxy groups -OCH3 is 1. The minimum Gasteiger partial charge on any atom is -0.469 e. The van der Waals surface area contributed by atoms with Crippen molar-refractivity contribution >= 4 is 17.0 Å². The lowest BCUT2D eigenvalue weighted by atomic mass is 10.2. The van der Waals surface area contributed by atoms with Gasteiger partial charge in [0, 0.05) is 11.6 Å². The molecule has 0 unspecified atom stereocenters. The lowest BCUT2D eigenvalue weighted by molar-refractivity contribution is -0.752. The molecule has 1 aromatic carbocycles. The Balaban J connectivity index is 1.80. The Hall–Kier alpha value is -2.89. The predicted molar refractivity (Wildman–Crippen MR) is 79.6 cm³/mol. The molecule has 6 heteroatoms. The Labute approximate surface area is 127 Å². The van der Waals surface area contributed by atoms with Gasteiger partial charge in [0.2, 0.25) is 0 Å². The van der Waals surface area contributed by atoms with E-state index in [-0.39, 0.29) is 5.97 Å². The largest absolute Gasteiger partial charge is 0.469 e. The Morgan fingerprint density at radius 3 is 2.73 bits per heavy atom. The third kappa shape index (κ3) is 3.06. The van der Waals surface area contributed by atoms with Gasteiger partial charge >= 0.3 is 5.97 Å². The zero-order chi connectivity index (χ0) is 15.4. The first kappa shape index (κ1) is 14.1. The van der Waals surface area contributed by atoms with Crippen molar-refractivity contribution in [1.29, 1.82) is 0 Å². The summed E-state index contributed by atoms with van der Waals surface area (Å²) in [7, 11) is 1.38. The molecule has 3 rings (SSSR count). The van der Waals surface area contributed by atoms with Crippen molar-refractivity contribution in [3.63, 3.8) is 0 Å². The fourth-order valence-corrected chi connectivity index (χ4v) is 2.07. The van der Waals surface area contributed by atoms with Crippen molar-refractivity contribution in [2.24, 2.45) is 0 Å². The van der Waals surface area contributed by atoms with Gasteiger partial charge in [0.25, 0.3) is 0 Å². The minimum absolute atomic E-state index is 0.251. The normalized spacial score (nSPS) is 10.6. The maximum Gasteiger partial charge on any atom is 0.312 e. The second kappa shape index (κ2) is 6.26. The fourth-order valence-electron chi connectivity index (χ4n) is 2.07. The molecule has 0 spiro atoms. The topological polar surface area (TPSA) is 68.8 Å². The number of para-hydroxylation sites is 2. The lowest BCUT2D eigenvalue weighted by Crippen LogP contribution is -2.38. The first-order valence-corrected chi connectivity index (χ1v) is 6.91. The maximum atomic E-state index is 11.1. The third-order valence-electron chi connectivity index (χ3n) is 3.29. The van der Waals surface area contributed by atoms with E-state index in [1.165, 1.54) is 7.11 Å². The van der Waals surface area contributed by atoms with Crippen LogP contribution in [0.4, 0.5) is 0 Å². The van der Waals surface area contributed by atoms with Crippen LogP contribution < -0.4 is 4.68 Å². The molecule has 0 atom stereocenters. The first-order valence-electron chi connectivity index (χ1n) is 6.91. The van der Waals surface area contributed by atoms with E-state index in [1.807, 2.05) is 36.5 Å². The smallest absolute Gasteiger partial charge is 0.312 e. The van der Waals surface area contributed by atoms with Gasteiger partial charge < -0.3 is 4.74 Å². The van der Waals surface area contributed by atoms with Gasteiger partial charge in [0.15, 0.2) is 12.7 Å². The average Bonchev–Trinajstić information content (AvgIpc) is 2.59. The molecule has 0 aliphatic rings. The molecule has 0 N–H and O–H groups in total. The van der Waals surface area contributed by atoms with E-state index >= 15 is 0 Å². The van der Waals surface area contributed by atoms with Crippen molar-refractivity contribution < 1.29 is 14.2 Å². The summed E-state index contributed by atoms with van der Waals surface area (Å²) in [5.41, 5.74) is 3.37. The van der Waals surface area contributed by atoms with E-state index in [2.05, 4.69) is 19.8 Å². The Morgan fingerprint density at radius 1 is 1.18 bits per heavy atom. The number of hydrogen-bond acceptors (Lipinski definition) is 5. The second-order valence-corrected chi connectivity index (χ2v) is 4.75. The molecular weight excluding hydrogens is 280 g/mol.